The van der Waals surface area contributed by atoms with Gasteiger partial charge in [0.15, 0.2) is 11.5 Å². The van der Waals surface area contributed by atoms with Gasteiger partial charge < -0.3 is 30.0 Å². The van der Waals surface area contributed by atoms with Crippen molar-refractivity contribution in [1.82, 2.24) is 0 Å². The number of carbonyl (C=O) groups excluding carboxylic acids is 1. The number of phenols is 1. The molecule has 0 spiro atoms. The molecule has 2 aromatic rings. The average Bonchev–Trinajstić information content (AvgIpc) is 2.57. The highest BCUT2D eigenvalue weighted by Crippen LogP contribution is 2.40. The van der Waals surface area contributed by atoms with Gasteiger partial charge in [0.2, 0.25) is 5.75 Å². The molecule has 2 rings (SSSR count). The Morgan fingerprint density at radius 1 is 0.958 bits per heavy atom. The molecule has 0 fully saturated rings. The molecule has 0 bridgehead atoms. The minimum absolute atomic E-state index is 0.0627. The average molecular weight is 353 g/mol. The Balaban J connectivity index is 2.17. The maximum atomic E-state index is 12.1. The molecule has 2 aromatic carbocycles. The summed E-state index contributed by atoms with van der Waals surface area (Å²) in [5.74, 6) is 1.20. The van der Waals surface area contributed by atoms with Crippen LogP contribution in [0.1, 0.15) is 0 Å². The number of hydrogen-bond donors (Lipinski definition) is 3. The zero-order valence-corrected chi connectivity index (χ0v) is 14.1. The van der Waals surface area contributed by atoms with Crippen LogP contribution in [0.25, 0.3) is 0 Å². The van der Waals surface area contributed by atoms with Crippen molar-refractivity contribution in [1.29, 1.82) is 0 Å². The summed E-state index contributed by atoms with van der Waals surface area (Å²) in [6.45, 7) is 0. The van der Waals surface area contributed by atoms with E-state index in [1.165, 1.54) is 39.5 Å². The van der Waals surface area contributed by atoms with Crippen LogP contribution in [-0.4, -0.2) is 32.5 Å². The second-order valence-corrected chi connectivity index (χ2v) is 5.07. The summed E-state index contributed by atoms with van der Waals surface area (Å²) in [6, 6.07) is 7.06. The van der Waals surface area contributed by atoms with Gasteiger partial charge in [-0.3, -0.25) is 0 Å². The third-order valence-electron chi connectivity index (χ3n) is 3.13. The van der Waals surface area contributed by atoms with Crippen molar-refractivity contribution < 1.29 is 24.1 Å². The molecule has 0 atom stereocenters. The first kappa shape index (κ1) is 17.6. The molecule has 0 aliphatic carbocycles. The highest BCUT2D eigenvalue weighted by Gasteiger charge is 2.14. The van der Waals surface area contributed by atoms with E-state index in [0.717, 1.165) is 0 Å². The number of carbonyl (C=O) groups is 1. The number of urea groups is 1. The van der Waals surface area contributed by atoms with Crippen LogP contribution in [0.5, 0.6) is 23.0 Å². The van der Waals surface area contributed by atoms with E-state index in [4.69, 9.17) is 25.8 Å². The highest BCUT2D eigenvalue weighted by atomic mass is 35.5. The summed E-state index contributed by atoms with van der Waals surface area (Å²) in [4.78, 5) is 12.1. The van der Waals surface area contributed by atoms with Crippen LogP contribution in [0.15, 0.2) is 30.3 Å². The standard InChI is InChI=1S/C16H17ClN2O5/c1-22-13-7-10(8-14(23-2)15(13)24-3)19-16(21)18-9-4-5-12(20)11(17)6-9/h4-8,20H,1-3H3,(H2,18,19,21). The van der Waals surface area contributed by atoms with Crippen LogP contribution in [0, 0.1) is 0 Å². The molecule has 0 saturated carbocycles. The molecule has 3 N–H and O–H groups in total. The van der Waals surface area contributed by atoms with E-state index >= 15 is 0 Å². The van der Waals surface area contributed by atoms with Crippen molar-refractivity contribution in [3.63, 3.8) is 0 Å². The van der Waals surface area contributed by atoms with Gasteiger partial charge in [0, 0.05) is 17.8 Å². The number of ether oxygens (including phenoxy) is 3. The number of benzene rings is 2. The molecule has 0 aliphatic rings. The first-order chi connectivity index (χ1) is 11.5. The molecule has 2 amide bonds. The minimum Gasteiger partial charge on any atom is -0.506 e. The third-order valence-corrected chi connectivity index (χ3v) is 3.43. The fourth-order valence-corrected chi connectivity index (χ4v) is 2.21. The predicted octanol–water partition coefficient (Wildman–Crippen LogP) is 3.72. The third kappa shape index (κ3) is 3.94. The molecule has 0 aromatic heterocycles. The number of aromatic hydroxyl groups is 1. The molecule has 8 heteroatoms. The number of amides is 2. The van der Waals surface area contributed by atoms with Crippen molar-refractivity contribution in [2.24, 2.45) is 0 Å². The van der Waals surface area contributed by atoms with E-state index in [1.54, 1.807) is 12.1 Å². The first-order valence-corrected chi connectivity index (χ1v) is 7.22. The predicted molar refractivity (Wildman–Crippen MR) is 91.9 cm³/mol. The maximum absolute atomic E-state index is 12.1. The summed E-state index contributed by atoms with van der Waals surface area (Å²) >= 11 is 5.80. The Hall–Kier alpha value is -2.80. The normalized spacial score (nSPS) is 10.0. The van der Waals surface area contributed by atoms with Crippen LogP contribution in [-0.2, 0) is 0 Å². The van der Waals surface area contributed by atoms with Crippen molar-refractivity contribution in [3.05, 3.63) is 35.4 Å². The van der Waals surface area contributed by atoms with Gasteiger partial charge in [-0.05, 0) is 18.2 Å². The van der Waals surface area contributed by atoms with E-state index in [9.17, 15) is 9.90 Å². The monoisotopic (exact) mass is 352 g/mol. The number of phenolic OH excluding ortho intramolecular Hbond substituents is 1. The largest absolute Gasteiger partial charge is 0.506 e. The maximum Gasteiger partial charge on any atom is 0.323 e. The number of rotatable bonds is 5. The van der Waals surface area contributed by atoms with E-state index in [1.807, 2.05) is 0 Å². The van der Waals surface area contributed by atoms with Crippen LogP contribution in [0.2, 0.25) is 5.02 Å². The number of hydrogen-bond acceptors (Lipinski definition) is 5. The van der Waals surface area contributed by atoms with E-state index in [-0.39, 0.29) is 10.8 Å². The zero-order chi connectivity index (χ0) is 17.7. The number of nitrogens with one attached hydrogen (secondary N) is 2. The van der Waals surface area contributed by atoms with Gasteiger partial charge in [-0.2, -0.15) is 0 Å². The topological polar surface area (TPSA) is 89.1 Å². The molecule has 0 unspecified atom stereocenters. The number of methoxy groups -OCH3 is 3. The van der Waals surface area contributed by atoms with Crippen molar-refractivity contribution in [2.75, 3.05) is 32.0 Å². The Bertz CT molecular complexity index is 726. The van der Waals surface area contributed by atoms with Gasteiger partial charge >= 0.3 is 6.03 Å². The molecule has 0 saturated heterocycles. The molecule has 0 heterocycles. The Morgan fingerprint density at radius 3 is 2.04 bits per heavy atom. The van der Waals surface area contributed by atoms with Crippen LogP contribution < -0.4 is 24.8 Å². The van der Waals surface area contributed by atoms with Gasteiger partial charge in [-0.15, -0.1) is 0 Å². The number of halogens is 1. The Kier molecular flexibility index (Phi) is 5.59. The molecule has 7 nitrogen and oxygen atoms in total. The van der Waals surface area contributed by atoms with Crippen LogP contribution >= 0.6 is 11.6 Å². The van der Waals surface area contributed by atoms with Crippen LogP contribution in [0.3, 0.4) is 0 Å². The van der Waals surface area contributed by atoms with Gasteiger partial charge in [0.1, 0.15) is 5.75 Å². The van der Waals surface area contributed by atoms with Gasteiger partial charge in [-0.25, -0.2) is 4.79 Å². The lowest BCUT2D eigenvalue weighted by Crippen LogP contribution is -2.19. The lowest BCUT2D eigenvalue weighted by molar-refractivity contribution is 0.262. The summed E-state index contributed by atoms with van der Waals surface area (Å²) in [5.41, 5.74) is 0.884. The molecule has 0 radical (unpaired) electrons. The summed E-state index contributed by atoms with van der Waals surface area (Å²) in [6.07, 6.45) is 0. The van der Waals surface area contributed by atoms with E-state index in [0.29, 0.717) is 28.6 Å². The lowest BCUT2D eigenvalue weighted by atomic mass is 10.2. The molecular weight excluding hydrogens is 336 g/mol. The molecule has 0 aliphatic heterocycles. The van der Waals surface area contributed by atoms with Crippen molar-refractivity contribution >= 4 is 29.0 Å². The number of anilines is 2. The Morgan fingerprint density at radius 2 is 1.54 bits per heavy atom. The minimum atomic E-state index is -0.494. The van der Waals surface area contributed by atoms with Gasteiger partial charge in [-0.1, -0.05) is 11.6 Å². The summed E-state index contributed by atoms with van der Waals surface area (Å²) in [7, 11) is 4.47. The zero-order valence-electron chi connectivity index (χ0n) is 13.3. The SMILES string of the molecule is COc1cc(NC(=O)Nc2ccc(O)c(Cl)c2)cc(OC)c1OC. The fourth-order valence-electron chi connectivity index (χ4n) is 2.03. The molecular formula is C16H17ClN2O5. The quantitative estimate of drug-likeness (QED) is 0.714. The van der Waals surface area contributed by atoms with Crippen molar-refractivity contribution in [2.45, 2.75) is 0 Å². The van der Waals surface area contributed by atoms with Gasteiger partial charge in [0.05, 0.1) is 32.0 Å². The molecule has 24 heavy (non-hydrogen) atoms. The van der Waals surface area contributed by atoms with E-state index in [2.05, 4.69) is 10.6 Å². The Labute approximate surface area is 144 Å². The summed E-state index contributed by atoms with van der Waals surface area (Å²) in [5, 5.41) is 14.8. The highest BCUT2D eigenvalue weighted by molar-refractivity contribution is 6.32. The lowest BCUT2D eigenvalue weighted by Gasteiger charge is -2.15. The second-order valence-electron chi connectivity index (χ2n) is 4.66. The molecule has 128 valence electrons. The summed E-state index contributed by atoms with van der Waals surface area (Å²) < 4.78 is 15.7. The van der Waals surface area contributed by atoms with Crippen LogP contribution in [0.4, 0.5) is 16.2 Å². The second kappa shape index (κ2) is 7.65. The van der Waals surface area contributed by atoms with Crippen molar-refractivity contribution in [3.8, 4) is 23.0 Å². The van der Waals surface area contributed by atoms with E-state index < -0.39 is 6.03 Å². The smallest absolute Gasteiger partial charge is 0.323 e. The first-order valence-electron chi connectivity index (χ1n) is 6.85. The fraction of sp³-hybridized carbons (Fsp3) is 0.188. The van der Waals surface area contributed by atoms with Gasteiger partial charge in [0.25, 0.3) is 0 Å².